The molecule has 0 unspecified atom stereocenters. The van der Waals surface area contributed by atoms with Crippen molar-refractivity contribution in [3.63, 3.8) is 0 Å². The molecule has 29 heavy (non-hydrogen) atoms. The van der Waals surface area contributed by atoms with Crippen LogP contribution in [0.15, 0.2) is 23.1 Å². The summed E-state index contributed by atoms with van der Waals surface area (Å²) in [4.78, 5) is 28.7. The fourth-order valence-electron chi connectivity index (χ4n) is 3.77. The quantitative estimate of drug-likeness (QED) is 0.768. The number of hydrogen-bond donors (Lipinski definition) is 1. The summed E-state index contributed by atoms with van der Waals surface area (Å²) in [5.74, 6) is -0.709. The van der Waals surface area contributed by atoms with E-state index in [1.807, 2.05) is 20.9 Å². The Bertz CT molecular complexity index is 892. The second kappa shape index (κ2) is 8.41. The van der Waals surface area contributed by atoms with Gasteiger partial charge < -0.3 is 15.1 Å². The number of amides is 2. The lowest BCUT2D eigenvalue weighted by Crippen LogP contribution is -2.47. The van der Waals surface area contributed by atoms with Crippen LogP contribution in [-0.4, -0.2) is 80.2 Å². The van der Waals surface area contributed by atoms with Gasteiger partial charge in [-0.25, -0.2) is 8.42 Å². The van der Waals surface area contributed by atoms with E-state index < -0.39 is 15.9 Å². The molecule has 1 atom stereocenters. The molecule has 2 amide bonds. The first kappa shape index (κ1) is 21.7. The third-order valence-electron chi connectivity index (χ3n) is 5.69. The number of likely N-dealkylation sites (N-methyl/N-ethyl adjacent to an activating group) is 1. The molecule has 2 saturated heterocycles. The number of aryl methyl sites for hydroxylation is 1. The summed E-state index contributed by atoms with van der Waals surface area (Å²) in [6.45, 7) is 8.27. The van der Waals surface area contributed by atoms with Gasteiger partial charge in [-0.2, -0.15) is 4.31 Å². The van der Waals surface area contributed by atoms with Crippen LogP contribution < -0.4 is 5.32 Å². The highest BCUT2D eigenvalue weighted by Crippen LogP contribution is 2.26. The number of piperazine rings is 1. The van der Waals surface area contributed by atoms with Crippen LogP contribution in [0.1, 0.15) is 25.8 Å². The van der Waals surface area contributed by atoms with Gasteiger partial charge in [-0.3, -0.25) is 9.59 Å². The maximum atomic E-state index is 13.1. The van der Waals surface area contributed by atoms with Crippen LogP contribution in [0.25, 0.3) is 0 Å². The molecule has 0 spiro atoms. The van der Waals surface area contributed by atoms with Crippen molar-refractivity contribution in [3.05, 3.63) is 23.8 Å². The van der Waals surface area contributed by atoms with Gasteiger partial charge in [-0.1, -0.05) is 6.07 Å². The van der Waals surface area contributed by atoms with E-state index >= 15 is 0 Å². The number of rotatable bonds is 5. The van der Waals surface area contributed by atoms with E-state index in [2.05, 4.69) is 10.2 Å². The number of carbonyl (C=O) groups is 2. The molecule has 0 aromatic heterocycles. The van der Waals surface area contributed by atoms with Crippen molar-refractivity contribution in [1.82, 2.24) is 14.1 Å². The van der Waals surface area contributed by atoms with Crippen molar-refractivity contribution >= 4 is 27.5 Å². The van der Waals surface area contributed by atoms with Crippen molar-refractivity contribution in [3.8, 4) is 0 Å². The zero-order valence-corrected chi connectivity index (χ0v) is 18.3. The van der Waals surface area contributed by atoms with Gasteiger partial charge in [-0.05, 0) is 45.5 Å². The van der Waals surface area contributed by atoms with Crippen molar-refractivity contribution in [2.24, 2.45) is 5.92 Å². The Balaban J connectivity index is 1.75. The summed E-state index contributed by atoms with van der Waals surface area (Å²) < 4.78 is 27.7. The molecule has 2 heterocycles. The van der Waals surface area contributed by atoms with E-state index in [1.165, 1.54) is 10.4 Å². The van der Waals surface area contributed by atoms with E-state index in [9.17, 15) is 18.0 Å². The number of carbonyl (C=O) groups excluding carboxylic acids is 2. The molecule has 160 valence electrons. The summed E-state index contributed by atoms with van der Waals surface area (Å²) in [5, 5.41) is 2.80. The molecular weight excluding hydrogens is 392 g/mol. The van der Waals surface area contributed by atoms with Gasteiger partial charge in [0.25, 0.3) is 0 Å². The van der Waals surface area contributed by atoms with Crippen molar-refractivity contribution in [1.29, 1.82) is 0 Å². The van der Waals surface area contributed by atoms with Gasteiger partial charge >= 0.3 is 0 Å². The molecule has 0 radical (unpaired) electrons. The molecule has 9 heteroatoms. The van der Waals surface area contributed by atoms with E-state index in [1.54, 1.807) is 24.0 Å². The van der Waals surface area contributed by atoms with E-state index in [0.717, 1.165) is 0 Å². The summed E-state index contributed by atoms with van der Waals surface area (Å²) in [6, 6.07) is 4.99. The third-order valence-corrected chi connectivity index (χ3v) is 7.73. The molecule has 0 saturated carbocycles. The molecule has 3 rings (SSSR count). The highest BCUT2D eigenvalue weighted by atomic mass is 32.2. The first-order valence-corrected chi connectivity index (χ1v) is 11.4. The Morgan fingerprint density at radius 1 is 1.17 bits per heavy atom. The Hall–Kier alpha value is -1.97. The summed E-state index contributed by atoms with van der Waals surface area (Å²) in [7, 11) is -1.66. The molecule has 2 aliphatic rings. The van der Waals surface area contributed by atoms with Crippen molar-refractivity contribution < 1.29 is 18.0 Å². The number of anilines is 1. The Labute approximate surface area is 172 Å². The van der Waals surface area contributed by atoms with Crippen LogP contribution in [0.4, 0.5) is 5.69 Å². The van der Waals surface area contributed by atoms with Crippen LogP contribution in [0.2, 0.25) is 0 Å². The van der Waals surface area contributed by atoms with Gasteiger partial charge in [0.2, 0.25) is 21.8 Å². The van der Waals surface area contributed by atoms with Gasteiger partial charge in [0, 0.05) is 50.9 Å². The minimum absolute atomic E-state index is 0.0256. The van der Waals surface area contributed by atoms with Gasteiger partial charge in [0.1, 0.15) is 0 Å². The second-order valence-electron chi connectivity index (χ2n) is 8.22. The standard InChI is InChI=1S/C20H30N4O4S/c1-14(2)24-13-16(11-19(24)25)20(26)21-17-6-5-15(3)18(12-17)29(27,28)23-9-7-22(4)8-10-23/h5-6,12,14,16H,7-11,13H2,1-4H3,(H,21,26)/t16-/m0/s1. The zero-order valence-electron chi connectivity index (χ0n) is 17.5. The molecule has 0 bridgehead atoms. The monoisotopic (exact) mass is 422 g/mol. The lowest BCUT2D eigenvalue weighted by Gasteiger charge is -2.32. The topological polar surface area (TPSA) is 90.0 Å². The summed E-state index contributed by atoms with van der Waals surface area (Å²) in [5.41, 5.74) is 1.08. The van der Waals surface area contributed by atoms with Crippen molar-refractivity contribution in [2.75, 3.05) is 45.1 Å². The molecule has 8 nitrogen and oxygen atoms in total. The number of nitrogens with zero attached hydrogens (tertiary/aromatic N) is 3. The fourth-order valence-corrected chi connectivity index (χ4v) is 5.45. The maximum absolute atomic E-state index is 13.1. The van der Waals surface area contributed by atoms with Crippen LogP contribution in [0, 0.1) is 12.8 Å². The SMILES string of the molecule is Cc1ccc(NC(=O)[C@H]2CC(=O)N(C(C)C)C2)cc1S(=O)(=O)N1CCN(C)CC1. The lowest BCUT2D eigenvalue weighted by atomic mass is 10.1. The van der Waals surface area contributed by atoms with Gasteiger partial charge in [0.15, 0.2) is 0 Å². The van der Waals surface area contributed by atoms with Crippen LogP contribution in [-0.2, 0) is 19.6 Å². The Morgan fingerprint density at radius 2 is 1.83 bits per heavy atom. The molecular formula is C20H30N4O4S. The minimum atomic E-state index is -3.63. The van der Waals surface area contributed by atoms with Gasteiger partial charge in [0.05, 0.1) is 10.8 Å². The number of nitrogens with one attached hydrogen (secondary N) is 1. The maximum Gasteiger partial charge on any atom is 0.243 e. The molecule has 1 aromatic carbocycles. The highest BCUT2D eigenvalue weighted by Gasteiger charge is 2.35. The molecule has 2 aliphatic heterocycles. The van der Waals surface area contributed by atoms with E-state index in [4.69, 9.17) is 0 Å². The normalized spacial score (nSPS) is 21.8. The predicted octanol–water partition coefficient (Wildman–Crippen LogP) is 1.13. The largest absolute Gasteiger partial charge is 0.339 e. The average Bonchev–Trinajstić information content (AvgIpc) is 3.06. The Kier molecular flexibility index (Phi) is 6.30. The third kappa shape index (κ3) is 4.62. The molecule has 1 aromatic rings. The molecule has 0 aliphatic carbocycles. The van der Waals surface area contributed by atoms with E-state index in [-0.39, 0.29) is 29.2 Å². The van der Waals surface area contributed by atoms with Crippen molar-refractivity contribution in [2.45, 2.75) is 38.1 Å². The van der Waals surface area contributed by atoms with Crippen LogP contribution in [0.3, 0.4) is 0 Å². The number of hydrogen-bond acceptors (Lipinski definition) is 5. The zero-order chi connectivity index (χ0) is 21.3. The minimum Gasteiger partial charge on any atom is -0.339 e. The van der Waals surface area contributed by atoms with Crippen LogP contribution in [0.5, 0.6) is 0 Å². The average molecular weight is 423 g/mol. The van der Waals surface area contributed by atoms with Gasteiger partial charge in [-0.15, -0.1) is 0 Å². The predicted molar refractivity (Wildman–Crippen MR) is 111 cm³/mol. The number of benzene rings is 1. The summed E-state index contributed by atoms with van der Waals surface area (Å²) >= 11 is 0. The fraction of sp³-hybridized carbons (Fsp3) is 0.600. The second-order valence-corrected chi connectivity index (χ2v) is 10.1. The molecule has 2 fully saturated rings. The molecule has 1 N–H and O–H groups in total. The smallest absolute Gasteiger partial charge is 0.243 e. The lowest BCUT2D eigenvalue weighted by molar-refractivity contribution is -0.129. The first-order chi connectivity index (χ1) is 13.6. The van der Waals surface area contributed by atoms with E-state index in [0.29, 0.717) is 44.0 Å². The highest BCUT2D eigenvalue weighted by molar-refractivity contribution is 7.89. The number of likely N-dealkylation sites (tertiary alicyclic amines) is 1. The van der Waals surface area contributed by atoms with Crippen LogP contribution >= 0.6 is 0 Å². The summed E-state index contributed by atoms with van der Waals surface area (Å²) in [6.07, 6.45) is 0.183. The Morgan fingerprint density at radius 3 is 2.41 bits per heavy atom. The number of sulfonamides is 1. The first-order valence-electron chi connectivity index (χ1n) is 9.99.